The number of rotatable bonds is 3. The third-order valence-corrected chi connectivity index (χ3v) is 4.60. The summed E-state index contributed by atoms with van der Waals surface area (Å²) in [7, 11) is 0. The summed E-state index contributed by atoms with van der Waals surface area (Å²) in [5.74, 6) is 1.78. The molecule has 0 fully saturated rings. The van der Waals surface area contributed by atoms with Crippen LogP contribution in [0.2, 0.25) is 0 Å². The molecule has 3 aromatic rings. The van der Waals surface area contributed by atoms with E-state index in [1.807, 2.05) is 36.5 Å². The third kappa shape index (κ3) is 2.90. The first-order valence-corrected chi connectivity index (χ1v) is 8.44. The Morgan fingerprint density at radius 2 is 2.00 bits per heavy atom. The lowest BCUT2D eigenvalue weighted by atomic mass is 9.97. The number of anilines is 2. The number of aryl methyl sites for hydroxylation is 1. The predicted octanol–water partition coefficient (Wildman–Crippen LogP) is 4.46. The van der Waals surface area contributed by atoms with E-state index in [1.165, 1.54) is 16.8 Å². The fraction of sp³-hybridized carbons (Fsp3) is 0.238. The highest BCUT2D eigenvalue weighted by Crippen LogP contribution is 2.34. The molecule has 0 atom stereocenters. The van der Waals surface area contributed by atoms with Crippen molar-refractivity contribution in [1.82, 2.24) is 9.97 Å². The monoisotopic (exact) mass is 317 g/mol. The summed E-state index contributed by atoms with van der Waals surface area (Å²) in [6.07, 6.45) is 4.81. The zero-order valence-electron chi connectivity index (χ0n) is 14.9. The van der Waals surface area contributed by atoms with Crippen molar-refractivity contribution in [2.45, 2.75) is 26.2 Å². The Bertz CT molecular complexity index is 890. The van der Waals surface area contributed by atoms with Gasteiger partial charge in [-0.25, -0.2) is 9.97 Å². The Kier molecular flexibility index (Phi) is 3.68. The summed E-state index contributed by atoms with van der Waals surface area (Å²) in [4.78, 5) is 11.6. The van der Waals surface area contributed by atoms with Crippen LogP contribution < -0.4 is 4.90 Å². The summed E-state index contributed by atoms with van der Waals surface area (Å²) in [6.45, 7) is 3.17. The topological polar surface area (TPSA) is 29.0 Å². The fourth-order valence-electron chi connectivity index (χ4n) is 3.38. The van der Waals surface area contributed by atoms with Crippen molar-refractivity contribution in [3.8, 4) is 0 Å². The molecule has 0 bridgehead atoms. The minimum absolute atomic E-state index is 0.527. The number of aromatic nitrogens is 2. The van der Waals surface area contributed by atoms with Gasteiger partial charge in [0, 0.05) is 24.8 Å². The number of benzene rings is 2. The number of nitrogens with zero attached hydrogens (tertiary/aromatic N) is 3. The highest BCUT2D eigenvalue weighted by atomic mass is 15.2. The van der Waals surface area contributed by atoms with Gasteiger partial charge in [-0.1, -0.05) is 42.4 Å². The molecule has 1 aromatic heterocycles. The quantitative estimate of drug-likeness (QED) is 0.714. The molecule has 2 heterocycles. The van der Waals surface area contributed by atoms with Crippen LogP contribution in [-0.2, 0) is 12.8 Å². The van der Waals surface area contributed by atoms with Gasteiger partial charge in [-0.2, -0.15) is 0 Å². The maximum Gasteiger partial charge on any atom is 0.136 e. The lowest BCUT2D eigenvalue weighted by molar-refractivity contribution is 0.751. The molecule has 120 valence electrons. The standard InChI is InChI=1S/C21H21N3/c1-16-7-5-11-19-18(16)10-6-14-24(19)21-12-13-22-20(23-21)15-17-8-3-2-4-9-17/h2-5,7-9,11-13H,6,10,14-15H2,1H3/i2T. The van der Waals surface area contributed by atoms with Crippen LogP contribution in [0.25, 0.3) is 0 Å². The Hall–Kier alpha value is -2.68. The SMILES string of the molecule is [3H]c1ccc(Cc2nccc(N3CCCc4c(C)cccc43)n2)cc1. The highest BCUT2D eigenvalue weighted by molar-refractivity contribution is 5.66. The van der Waals surface area contributed by atoms with E-state index < -0.39 is 0 Å². The van der Waals surface area contributed by atoms with E-state index in [9.17, 15) is 0 Å². The van der Waals surface area contributed by atoms with E-state index >= 15 is 0 Å². The molecule has 0 radical (unpaired) electrons. The molecular weight excluding hydrogens is 294 g/mol. The minimum Gasteiger partial charge on any atom is -0.326 e. The minimum atomic E-state index is 0.527. The Balaban J connectivity index is 1.64. The van der Waals surface area contributed by atoms with Gasteiger partial charge in [-0.3, -0.25) is 0 Å². The van der Waals surface area contributed by atoms with Crippen LogP contribution in [0, 0.1) is 6.92 Å². The van der Waals surface area contributed by atoms with Gasteiger partial charge in [0.05, 0.1) is 1.37 Å². The Morgan fingerprint density at radius 3 is 2.88 bits per heavy atom. The average molecular weight is 317 g/mol. The maximum absolute atomic E-state index is 7.59. The molecule has 3 heteroatoms. The second kappa shape index (κ2) is 6.44. The van der Waals surface area contributed by atoms with Crippen molar-refractivity contribution in [3.05, 3.63) is 83.3 Å². The molecule has 24 heavy (non-hydrogen) atoms. The van der Waals surface area contributed by atoms with Gasteiger partial charge < -0.3 is 4.90 Å². The van der Waals surface area contributed by atoms with E-state index in [4.69, 9.17) is 6.35 Å². The maximum atomic E-state index is 7.59. The summed E-state index contributed by atoms with van der Waals surface area (Å²) in [5.41, 5.74) is 5.18. The smallest absolute Gasteiger partial charge is 0.136 e. The van der Waals surface area contributed by atoms with Gasteiger partial charge in [-0.15, -0.1) is 0 Å². The zero-order chi connectivity index (χ0) is 17.2. The van der Waals surface area contributed by atoms with E-state index in [2.05, 4.69) is 35.0 Å². The normalized spacial score (nSPS) is 14.2. The number of hydrogen-bond donors (Lipinski definition) is 0. The summed E-state index contributed by atoms with van der Waals surface area (Å²) in [6, 6.07) is 16.6. The molecule has 0 saturated heterocycles. The first kappa shape index (κ1) is 13.7. The third-order valence-electron chi connectivity index (χ3n) is 4.60. The van der Waals surface area contributed by atoms with Crippen molar-refractivity contribution in [3.63, 3.8) is 0 Å². The molecular formula is C21H21N3. The van der Waals surface area contributed by atoms with Crippen LogP contribution in [0.4, 0.5) is 11.5 Å². The Morgan fingerprint density at radius 1 is 1.12 bits per heavy atom. The molecule has 0 N–H and O–H groups in total. The van der Waals surface area contributed by atoms with Gasteiger partial charge in [0.25, 0.3) is 0 Å². The molecule has 0 saturated carbocycles. The second-order valence-corrected chi connectivity index (χ2v) is 6.24. The first-order chi connectivity index (χ1) is 12.2. The summed E-state index contributed by atoms with van der Waals surface area (Å²) >= 11 is 0. The van der Waals surface area contributed by atoms with Gasteiger partial charge in [0.15, 0.2) is 0 Å². The molecule has 0 unspecified atom stereocenters. The largest absolute Gasteiger partial charge is 0.326 e. The van der Waals surface area contributed by atoms with Crippen LogP contribution in [0.15, 0.2) is 60.8 Å². The number of fused-ring (bicyclic) bond motifs is 1. The van der Waals surface area contributed by atoms with Crippen LogP contribution in [0.3, 0.4) is 0 Å². The summed E-state index contributed by atoms with van der Waals surface area (Å²) in [5, 5.41) is 0. The van der Waals surface area contributed by atoms with E-state index in [0.29, 0.717) is 12.5 Å². The van der Waals surface area contributed by atoms with Crippen molar-refractivity contribution in [2.24, 2.45) is 0 Å². The van der Waals surface area contributed by atoms with Crippen LogP contribution in [0.5, 0.6) is 0 Å². The molecule has 0 aliphatic carbocycles. The van der Waals surface area contributed by atoms with Crippen molar-refractivity contribution >= 4 is 11.5 Å². The average Bonchev–Trinajstić information content (AvgIpc) is 2.64. The zero-order valence-corrected chi connectivity index (χ0v) is 13.9. The Labute approximate surface area is 144 Å². The van der Waals surface area contributed by atoms with Crippen LogP contribution in [0.1, 0.15) is 30.3 Å². The van der Waals surface area contributed by atoms with Gasteiger partial charge >= 0.3 is 0 Å². The van der Waals surface area contributed by atoms with Crippen molar-refractivity contribution < 1.29 is 1.37 Å². The first-order valence-electron chi connectivity index (χ1n) is 8.94. The van der Waals surface area contributed by atoms with Crippen molar-refractivity contribution in [1.29, 1.82) is 0 Å². The van der Waals surface area contributed by atoms with Gasteiger partial charge in [0.1, 0.15) is 11.6 Å². The molecule has 2 aromatic carbocycles. The molecule has 1 aliphatic heterocycles. The van der Waals surface area contributed by atoms with Crippen molar-refractivity contribution in [2.75, 3.05) is 11.4 Å². The molecule has 0 amide bonds. The van der Waals surface area contributed by atoms with Gasteiger partial charge in [-0.05, 0) is 48.6 Å². The predicted molar refractivity (Wildman–Crippen MR) is 97.8 cm³/mol. The molecule has 1 aliphatic rings. The van der Waals surface area contributed by atoms with Crippen LogP contribution in [-0.4, -0.2) is 16.5 Å². The fourth-order valence-corrected chi connectivity index (χ4v) is 3.38. The lowest BCUT2D eigenvalue weighted by Crippen LogP contribution is -2.26. The highest BCUT2D eigenvalue weighted by Gasteiger charge is 2.20. The summed E-state index contributed by atoms with van der Waals surface area (Å²) < 4.78 is 7.59. The van der Waals surface area contributed by atoms with E-state index in [0.717, 1.165) is 36.6 Å². The molecule has 4 rings (SSSR count). The number of hydrogen-bond acceptors (Lipinski definition) is 3. The molecule has 0 spiro atoms. The van der Waals surface area contributed by atoms with Gasteiger partial charge in [0.2, 0.25) is 0 Å². The second-order valence-electron chi connectivity index (χ2n) is 6.24. The van der Waals surface area contributed by atoms with E-state index in [-0.39, 0.29) is 0 Å². The molecule has 3 nitrogen and oxygen atoms in total. The van der Waals surface area contributed by atoms with Crippen LogP contribution >= 0.6 is 0 Å². The lowest BCUT2D eigenvalue weighted by Gasteiger charge is -2.31. The van der Waals surface area contributed by atoms with E-state index in [1.54, 1.807) is 0 Å².